The van der Waals surface area contributed by atoms with Crippen LogP contribution in [0.5, 0.6) is 0 Å². The van der Waals surface area contributed by atoms with Gasteiger partial charge in [0.2, 0.25) is 5.89 Å². The monoisotopic (exact) mass is 284 g/mol. The maximum Gasteiger partial charge on any atom is 0.209 e. The molecule has 2 aromatic rings. The minimum absolute atomic E-state index is 0.748. The molecule has 0 N–H and O–H groups in total. The van der Waals surface area contributed by atoms with Crippen LogP contribution in [0.15, 0.2) is 28.7 Å². The van der Waals surface area contributed by atoms with Crippen LogP contribution in [0.25, 0.3) is 11.1 Å². The Morgan fingerprint density at radius 3 is 2.95 bits per heavy atom. The average Bonchev–Trinajstić information content (AvgIpc) is 2.93. The Balaban J connectivity index is 1.55. The summed E-state index contributed by atoms with van der Waals surface area (Å²) in [6.07, 6.45) is 6.90. The molecule has 2 aliphatic rings. The number of aromatic nitrogens is 1. The topological polar surface area (TPSA) is 29.3 Å². The van der Waals surface area contributed by atoms with Crippen molar-refractivity contribution in [2.24, 2.45) is 11.8 Å². The minimum Gasteiger partial charge on any atom is -0.439 e. The molecular formula is C18H24N2O. The van der Waals surface area contributed by atoms with E-state index in [0.717, 1.165) is 41.4 Å². The van der Waals surface area contributed by atoms with Gasteiger partial charge in [0.05, 0.1) is 6.54 Å². The van der Waals surface area contributed by atoms with Gasteiger partial charge in [-0.2, -0.15) is 0 Å². The molecule has 0 radical (unpaired) electrons. The first-order valence-electron chi connectivity index (χ1n) is 8.40. The number of para-hydroxylation sites is 2. The quantitative estimate of drug-likeness (QED) is 0.826. The Morgan fingerprint density at radius 1 is 1.19 bits per heavy atom. The Hall–Kier alpha value is -1.35. The van der Waals surface area contributed by atoms with Crippen LogP contribution >= 0.6 is 0 Å². The van der Waals surface area contributed by atoms with E-state index in [0.29, 0.717) is 0 Å². The predicted molar refractivity (Wildman–Crippen MR) is 83.9 cm³/mol. The summed E-state index contributed by atoms with van der Waals surface area (Å²) in [5.41, 5.74) is 1.90. The lowest BCUT2D eigenvalue weighted by molar-refractivity contribution is 0.0157. The lowest BCUT2D eigenvalue weighted by Crippen LogP contribution is -2.49. The van der Waals surface area contributed by atoms with Crippen LogP contribution in [0, 0.1) is 11.8 Å². The molecular weight excluding hydrogens is 260 g/mol. The van der Waals surface area contributed by atoms with Crippen molar-refractivity contribution >= 4 is 11.1 Å². The van der Waals surface area contributed by atoms with Gasteiger partial charge in [0, 0.05) is 6.04 Å². The van der Waals surface area contributed by atoms with Crippen LogP contribution in [-0.2, 0) is 6.54 Å². The molecule has 3 atom stereocenters. The third kappa shape index (κ3) is 2.48. The molecule has 4 rings (SSSR count). The predicted octanol–water partition coefficient (Wildman–Crippen LogP) is 4.23. The molecule has 0 bridgehead atoms. The lowest BCUT2D eigenvalue weighted by Gasteiger charge is -2.47. The number of rotatable bonds is 2. The molecule has 1 saturated carbocycles. The van der Waals surface area contributed by atoms with Gasteiger partial charge in [0.25, 0.3) is 0 Å². The SMILES string of the molecule is C[C@@H]1CCN(Cc2nc3ccccc3o2)[C@@H]2CCCC[C@H]12. The minimum atomic E-state index is 0.748. The number of likely N-dealkylation sites (tertiary alicyclic amines) is 1. The van der Waals surface area contributed by atoms with E-state index in [1.165, 1.54) is 38.6 Å². The molecule has 0 spiro atoms. The maximum absolute atomic E-state index is 5.92. The van der Waals surface area contributed by atoms with Crippen LogP contribution in [0.3, 0.4) is 0 Å². The number of piperidine rings is 1. The van der Waals surface area contributed by atoms with Crippen molar-refractivity contribution < 1.29 is 4.42 Å². The first-order chi connectivity index (χ1) is 10.3. The van der Waals surface area contributed by atoms with Crippen LogP contribution in [0.2, 0.25) is 0 Å². The molecule has 112 valence electrons. The molecule has 2 heterocycles. The number of fused-ring (bicyclic) bond motifs is 2. The standard InChI is InChI=1S/C18H24N2O/c1-13-10-11-20(16-8-4-2-6-14(13)16)12-18-19-15-7-3-5-9-17(15)21-18/h3,5,7,9,13-14,16H,2,4,6,8,10-12H2,1H3/t13-,14-,16-/m1/s1. The summed E-state index contributed by atoms with van der Waals surface area (Å²) in [6.45, 7) is 4.52. The highest BCUT2D eigenvalue weighted by molar-refractivity contribution is 5.72. The van der Waals surface area contributed by atoms with Crippen LogP contribution < -0.4 is 0 Å². The first kappa shape index (κ1) is 13.3. The zero-order valence-corrected chi connectivity index (χ0v) is 12.8. The van der Waals surface area contributed by atoms with Crippen LogP contribution in [0.4, 0.5) is 0 Å². The number of hydrogen-bond acceptors (Lipinski definition) is 3. The molecule has 1 saturated heterocycles. The van der Waals surface area contributed by atoms with E-state index in [4.69, 9.17) is 4.42 Å². The number of benzene rings is 1. The summed E-state index contributed by atoms with van der Waals surface area (Å²) in [7, 11) is 0. The Morgan fingerprint density at radius 2 is 2.05 bits per heavy atom. The van der Waals surface area contributed by atoms with E-state index in [1.54, 1.807) is 0 Å². The van der Waals surface area contributed by atoms with E-state index < -0.39 is 0 Å². The largest absolute Gasteiger partial charge is 0.439 e. The maximum atomic E-state index is 5.92. The fourth-order valence-corrected chi connectivity index (χ4v) is 4.36. The second kappa shape index (κ2) is 5.45. The molecule has 2 fully saturated rings. The fraction of sp³-hybridized carbons (Fsp3) is 0.611. The van der Waals surface area contributed by atoms with Gasteiger partial charge in [-0.25, -0.2) is 4.98 Å². The molecule has 0 amide bonds. The Kier molecular flexibility index (Phi) is 3.46. The van der Waals surface area contributed by atoms with Crippen molar-refractivity contribution in [3.05, 3.63) is 30.2 Å². The summed E-state index contributed by atoms with van der Waals surface area (Å²) in [5, 5.41) is 0. The lowest BCUT2D eigenvalue weighted by atomic mass is 9.72. The number of oxazole rings is 1. The first-order valence-corrected chi connectivity index (χ1v) is 8.40. The smallest absolute Gasteiger partial charge is 0.209 e. The molecule has 21 heavy (non-hydrogen) atoms. The highest BCUT2D eigenvalue weighted by atomic mass is 16.3. The Labute approximate surface area is 126 Å². The second-order valence-corrected chi connectivity index (χ2v) is 6.83. The molecule has 0 unspecified atom stereocenters. The fourth-order valence-electron chi connectivity index (χ4n) is 4.36. The van der Waals surface area contributed by atoms with Gasteiger partial charge in [-0.1, -0.05) is 31.9 Å². The second-order valence-electron chi connectivity index (χ2n) is 6.83. The molecule has 1 aliphatic carbocycles. The Bertz CT molecular complexity index is 587. The van der Waals surface area contributed by atoms with Crippen molar-refractivity contribution in [2.75, 3.05) is 6.54 Å². The third-order valence-corrected chi connectivity index (χ3v) is 5.53. The van der Waals surface area contributed by atoms with Crippen molar-refractivity contribution in [1.82, 2.24) is 9.88 Å². The normalized spacial score (nSPS) is 30.4. The average molecular weight is 284 g/mol. The summed E-state index contributed by atoms with van der Waals surface area (Å²) in [4.78, 5) is 7.29. The van der Waals surface area contributed by atoms with E-state index in [9.17, 15) is 0 Å². The zero-order chi connectivity index (χ0) is 14.2. The summed E-state index contributed by atoms with van der Waals surface area (Å²) in [5.74, 6) is 2.65. The van der Waals surface area contributed by atoms with Crippen LogP contribution in [0.1, 0.15) is 44.9 Å². The molecule has 1 aromatic carbocycles. The van der Waals surface area contributed by atoms with Crippen molar-refractivity contribution in [2.45, 2.75) is 51.6 Å². The summed E-state index contributed by atoms with van der Waals surface area (Å²) < 4.78 is 5.92. The molecule has 1 aliphatic heterocycles. The van der Waals surface area contributed by atoms with E-state index >= 15 is 0 Å². The highest BCUT2D eigenvalue weighted by Crippen LogP contribution is 2.39. The van der Waals surface area contributed by atoms with Gasteiger partial charge in [0.1, 0.15) is 5.52 Å². The zero-order valence-electron chi connectivity index (χ0n) is 12.8. The van der Waals surface area contributed by atoms with Gasteiger partial charge in [-0.15, -0.1) is 0 Å². The van der Waals surface area contributed by atoms with Gasteiger partial charge in [-0.05, 0) is 49.8 Å². The van der Waals surface area contributed by atoms with Gasteiger partial charge < -0.3 is 4.42 Å². The number of nitrogens with zero attached hydrogens (tertiary/aromatic N) is 2. The van der Waals surface area contributed by atoms with Gasteiger partial charge >= 0.3 is 0 Å². The summed E-state index contributed by atoms with van der Waals surface area (Å²) >= 11 is 0. The van der Waals surface area contributed by atoms with Crippen molar-refractivity contribution in [1.29, 1.82) is 0 Å². The van der Waals surface area contributed by atoms with Crippen molar-refractivity contribution in [3.63, 3.8) is 0 Å². The van der Waals surface area contributed by atoms with Gasteiger partial charge in [-0.3, -0.25) is 4.90 Å². The van der Waals surface area contributed by atoms with Crippen molar-refractivity contribution in [3.8, 4) is 0 Å². The molecule has 3 heteroatoms. The van der Waals surface area contributed by atoms with E-state index in [-0.39, 0.29) is 0 Å². The van der Waals surface area contributed by atoms with E-state index in [2.05, 4.69) is 16.8 Å². The van der Waals surface area contributed by atoms with Gasteiger partial charge in [0.15, 0.2) is 5.58 Å². The molecule has 1 aromatic heterocycles. The molecule has 3 nitrogen and oxygen atoms in total. The van der Waals surface area contributed by atoms with Crippen LogP contribution in [-0.4, -0.2) is 22.5 Å². The highest BCUT2D eigenvalue weighted by Gasteiger charge is 2.37. The number of hydrogen-bond donors (Lipinski definition) is 0. The van der Waals surface area contributed by atoms with E-state index in [1.807, 2.05) is 24.3 Å². The summed E-state index contributed by atoms with van der Waals surface area (Å²) in [6, 6.07) is 8.82. The third-order valence-electron chi connectivity index (χ3n) is 5.53.